The lowest BCUT2D eigenvalue weighted by atomic mass is 10.0. The average Bonchev–Trinajstić information content (AvgIpc) is 2.59. The van der Waals surface area contributed by atoms with Gasteiger partial charge in [-0.15, -0.1) is 0 Å². The van der Waals surface area contributed by atoms with Crippen LogP contribution in [0.25, 0.3) is 0 Å². The minimum absolute atomic E-state index is 0.141. The van der Waals surface area contributed by atoms with Gasteiger partial charge in [0.25, 0.3) is 5.91 Å². The van der Waals surface area contributed by atoms with E-state index < -0.39 is 12.6 Å². The Morgan fingerprint density at radius 2 is 1.63 bits per heavy atom. The van der Waals surface area contributed by atoms with Crippen LogP contribution in [0.4, 0.5) is 5.69 Å². The van der Waals surface area contributed by atoms with Crippen molar-refractivity contribution in [2.24, 2.45) is 0 Å². The fraction of sp³-hybridized carbons (Fsp3) is 0.250. The highest BCUT2D eigenvalue weighted by atomic mass is 16.5. The number of aryl methyl sites for hydroxylation is 2. The Balaban J connectivity index is 2.01. The van der Waals surface area contributed by atoms with E-state index in [1.807, 2.05) is 12.1 Å². The van der Waals surface area contributed by atoms with Gasteiger partial charge in [0, 0.05) is 24.7 Å². The van der Waals surface area contributed by atoms with Crippen molar-refractivity contribution in [3.63, 3.8) is 0 Å². The molecule has 0 aliphatic carbocycles. The van der Waals surface area contributed by atoms with Crippen LogP contribution in [0.1, 0.15) is 34.0 Å². The van der Waals surface area contributed by atoms with Crippen molar-refractivity contribution in [3.8, 4) is 5.75 Å². The van der Waals surface area contributed by atoms with Crippen LogP contribution < -0.4 is 15.4 Å². The molecule has 0 atom stereocenters. The smallest absolute Gasteiger partial charge is 0.341 e. The van der Waals surface area contributed by atoms with Gasteiger partial charge in [-0.2, -0.15) is 0 Å². The maximum absolute atomic E-state index is 12.4. The SMILES string of the molecule is CC(=O)Nc1ccc(CNC(=O)c2cc(C)c(OCC(=O)O)c(C)c2)cc1. The van der Waals surface area contributed by atoms with Crippen molar-refractivity contribution in [3.05, 3.63) is 58.7 Å². The maximum Gasteiger partial charge on any atom is 0.341 e. The third-order valence-electron chi connectivity index (χ3n) is 3.79. The van der Waals surface area contributed by atoms with E-state index >= 15 is 0 Å². The molecule has 0 bridgehead atoms. The highest BCUT2D eigenvalue weighted by Crippen LogP contribution is 2.25. The van der Waals surface area contributed by atoms with Gasteiger partial charge in [-0.25, -0.2) is 4.79 Å². The number of anilines is 1. The van der Waals surface area contributed by atoms with Gasteiger partial charge in [-0.1, -0.05) is 12.1 Å². The predicted molar refractivity (Wildman–Crippen MR) is 101 cm³/mol. The van der Waals surface area contributed by atoms with E-state index in [0.717, 1.165) is 5.56 Å². The number of carboxylic acid groups (broad SMARTS) is 1. The number of hydrogen-bond donors (Lipinski definition) is 3. The van der Waals surface area contributed by atoms with Crippen LogP contribution in [0.2, 0.25) is 0 Å². The Morgan fingerprint density at radius 1 is 1.04 bits per heavy atom. The summed E-state index contributed by atoms with van der Waals surface area (Å²) in [5, 5.41) is 14.2. The van der Waals surface area contributed by atoms with Gasteiger partial charge < -0.3 is 20.5 Å². The van der Waals surface area contributed by atoms with Gasteiger partial charge in [-0.3, -0.25) is 9.59 Å². The molecule has 0 unspecified atom stereocenters. The van der Waals surface area contributed by atoms with Gasteiger partial charge >= 0.3 is 5.97 Å². The number of ether oxygens (including phenoxy) is 1. The van der Waals surface area contributed by atoms with E-state index in [0.29, 0.717) is 34.7 Å². The highest BCUT2D eigenvalue weighted by molar-refractivity contribution is 5.95. The largest absolute Gasteiger partial charge is 0.481 e. The molecule has 0 saturated heterocycles. The number of nitrogens with one attached hydrogen (secondary N) is 2. The standard InChI is InChI=1S/C20H22N2O5/c1-12-8-16(9-13(2)19(12)27-11-18(24)25)20(26)21-10-15-4-6-17(7-5-15)22-14(3)23/h4-9H,10-11H2,1-3H3,(H,21,26)(H,22,23)(H,24,25). The molecule has 0 heterocycles. The van der Waals surface area contributed by atoms with Crippen LogP contribution in [-0.4, -0.2) is 29.5 Å². The predicted octanol–water partition coefficient (Wildman–Crippen LogP) is 2.66. The number of amides is 2. The molecule has 142 valence electrons. The molecular formula is C20H22N2O5. The summed E-state index contributed by atoms with van der Waals surface area (Å²) in [5.41, 5.74) is 3.46. The van der Waals surface area contributed by atoms with Crippen molar-refractivity contribution in [2.75, 3.05) is 11.9 Å². The van der Waals surface area contributed by atoms with Crippen LogP contribution in [0.3, 0.4) is 0 Å². The molecule has 2 aromatic carbocycles. The second-order valence-electron chi connectivity index (χ2n) is 6.18. The fourth-order valence-electron chi connectivity index (χ4n) is 2.64. The van der Waals surface area contributed by atoms with E-state index in [9.17, 15) is 14.4 Å². The molecule has 7 nitrogen and oxygen atoms in total. The third-order valence-corrected chi connectivity index (χ3v) is 3.79. The number of benzene rings is 2. The van der Waals surface area contributed by atoms with E-state index in [1.54, 1.807) is 38.1 Å². The van der Waals surface area contributed by atoms with Crippen molar-refractivity contribution in [1.82, 2.24) is 5.32 Å². The van der Waals surface area contributed by atoms with Crippen molar-refractivity contribution < 1.29 is 24.2 Å². The van der Waals surface area contributed by atoms with Crippen LogP contribution in [0.15, 0.2) is 36.4 Å². The first kappa shape index (κ1) is 20.0. The van der Waals surface area contributed by atoms with E-state index in [4.69, 9.17) is 9.84 Å². The molecule has 0 spiro atoms. The fourth-order valence-corrected chi connectivity index (χ4v) is 2.64. The van der Waals surface area contributed by atoms with Gasteiger partial charge in [0.2, 0.25) is 5.91 Å². The average molecular weight is 370 g/mol. The molecule has 3 N–H and O–H groups in total. The molecule has 7 heteroatoms. The lowest BCUT2D eigenvalue weighted by Gasteiger charge is -2.13. The molecule has 0 saturated carbocycles. The maximum atomic E-state index is 12.4. The van der Waals surface area contributed by atoms with Crippen molar-refractivity contribution in [1.29, 1.82) is 0 Å². The van der Waals surface area contributed by atoms with Crippen LogP contribution >= 0.6 is 0 Å². The molecule has 0 aromatic heterocycles. The molecule has 0 aliphatic rings. The Labute approximate surface area is 157 Å². The van der Waals surface area contributed by atoms with Gasteiger partial charge in [0.15, 0.2) is 6.61 Å². The molecule has 0 aliphatic heterocycles. The molecular weight excluding hydrogens is 348 g/mol. The molecule has 0 fully saturated rings. The second kappa shape index (κ2) is 8.84. The highest BCUT2D eigenvalue weighted by Gasteiger charge is 2.12. The third kappa shape index (κ3) is 5.85. The Kier molecular flexibility index (Phi) is 6.54. The minimum atomic E-state index is -1.06. The number of rotatable bonds is 7. The summed E-state index contributed by atoms with van der Waals surface area (Å²) in [5.74, 6) is -0.961. The summed E-state index contributed by atoms with van der Waals surface area (Å²) < 4.78 is 5.27. The van der Waals surface area contributed by atoms with Gasteiger partial charge in [0.1, 0.15) is 5.75 Å². The summed E-state index contributed by atoms with van der Waals surface area (Å²) in [7, 11) is 0. The number of carbonyl (C=O) groups is 3. The minimum Gasteiger partial charge on any atom is -0.481 e. The number of hydrogen-bond acceptors (Lipinski definition) is 4. The molecule has 2 aromatic rings. The summed E-state index contributed by atoms with van der Waals surface area (Å²) in [6, 6.07) is 10.5. The van der Waals surface area contributed by atoms with Crippen LogP contribution in [0.5, 0.6) is 5.75 Å². The lowest BCUT2D eigenvalue weighted by Crippen LogP contribution is -2.23. The molecule has 2 amide bonds. The number of carboxylic acids is 1. The number of carbonyl (C=O) groups excluding carboxylic acids is 2. The van der Waals surface area contributed by atoms with Crippen molar-refractivity contribution >= 4 is 23.5 Å². The first-order valence-electron chi connectivity index (χ1n) is 8.37. The molecule has 2 rings (SSSR count). The Morgan fingerprint density at radius 3 is 2.15 bits per heavy atom. The molecule has 27 heavy (non-hydrogen) atoms. The normalized spacial score (nSPS) is 10.2. The van der Waals surface area contributed by atoms with Crippen LogP contribution in [0, 0.1) is 13.8 Å². The summed E-state index contributed by atoms with van der Waals surface area (Å²) in [6.07, 6.45) is 0. The first-order valence-corrected chi connectivity index (χ1v) is 8.37. The summed E-state index contributed by atoms with van der Waals surface area (Å²) in [6.45, 7) is 4.88. The topological polar surface area (TPSA) is 105 Å². The quantitative estimate of drug-likeness (QED) is 0.695. The van der Waals surface area contributed by atoms with Crippen LogP contribution in [-0.2, 0) is 16.1 Å². The Bertz CT molecular complexity index is 836. The van der Waals surface area contributed by atoms with E-state index in [1.165, 1.54) is 6.92 Å². The zero-order valence-electron chi connectivity index (χ0n) is 15.5. The second-order valence-corrected chi connectivity index (χ2v) is 6.18. The molecule has 0 radical (unpaired) electrons. The summed E-state index contributed by atoms with van der Waals surface area (Å²) in [4.78, 5) is 34.1. The first-order chi connectivity index (χ1) is 12.8. The lowest BCUT2D eigenvalue weighted by molar-refractivity contribution is -0.139. The monoisotopic (exact) mass is 370 g/mol. The van der Waals surface area contributed by atoms with E-state index in [2.05, 4.69) is 10.6 Å². The van der Waals surface area contributed by atoms with E-state index in [-0.39, 0.29) is 11.8 Å². The van der Waals surface area contributed by atoms with Gasteiger partial charge in [-0.05, 0) is 54.8 Å². The zero-order chi connectivity index (χ0) is 20.0. The Hall–Kier alpha value is -3.35. The van der Waals surface area contributed by atoms with Gasteiger partial charge in [0.05, 0.1) is 0 Å². The summed E-state index contributed by atoms with van der Waals surface area (Å²) >= 11 is 0. The zero-order valence-corrected chi connectivity index (χ0v) is 15.5. The van der Waals surface area contributed by atoms with Crippen molar-refractivity contribution in [2.45, 2.75) is 27.3 Å². The number of aliphatic carboxylic acids is 1.